The Labute approximate surface area is 95.6 Å². The Morgan fingerprint density at radius 2 is 2.19 bits per heavy atom. The van der Waals surface area contributed by atoms with Gasteiger partial charge in [-0.1, -0.05) is 38.0 Å². The Morgan fingerprint density at radius 3 is 2.88 bits per heavy atom. The van der Waals surface area contributed by atoms with Gasteiger partial charge in [0, 0.05) is 5.39 Å². The molecule has 3 heteroatoms. The number of hydrazine groups is 1. The molecule has 0 saturated carbocycles. The Hall–Kier alpha value is -1.32. The molecule has 0 aliphatic carbocycles. The second-order valence-corrected chi connectivity index (χ2v) is 4.05. The normalized spacial score (nSPS) is 13.1. The van der Waals surface area contributed by atoms with E-state index in [0.29, 0.717) is 0 Å². The molecule has 0 fully saturated rings. The van der Waals surface area contributed by atoms with Crippen molar-refractivity contribution in [3.05, 3.63) is 36.1 Å². The largest absolute Gasteiger partial charge is 0.459 e. The fourth-order valence-electron chi connectivity index (χ4n) is 1.89. The van der Waals surface area contributed by atoms with E-state index in [9.17, 15) is 0 Å². The van der Waals surface area contributed by atoms with Gasteiger partial charge < -0.3 is 4.42 Å². The summed E-state index contributed by atoms with van der Waals surface area (Å²) in [5.41, 5.74) is 3.75. The zero-order chi connectivity index (χ0) is 11.4. The lowest BCUT2D eigenvalue weighted by Crippen LogP contribution is -2.27. The van der Waals surface area contributed by atoms with E-state index in [2.05, 4.69) is 24.5 Å². The molecule has 0 aliphatic rings. The molecule has 3 nitrogen and oxygen atoms in total. The predicted molar refractivity (Wildman–Crippen MR) is 65.8 cm³/mol. The first kappa shape index (κ1) is 11.2. The average Bonchev–Trinajstić information content (AvgIpc) is 2.73. The van der Waals surface area contributed by atoms with Gasteiger partial charge in [-0.3, -0.25) is 5.84 Å². The highest BCUT2D eigenvalue weighted by atomic mass is 16.3. The molecule has 1 unspecified atom stereocenters. The first-order valence-corrected chi connectivity index (χ1v) is 5.79. The average molecular weight is 218 g/mol. The molecule has 0 amide bonds. The van der Waals surface area contributed by atoms with Crippen LogP contribution in [0.1, 0.15) is 38.0 Å². The number of unbranched alkanes of at least 4 members (excludes halogenated alkanes) is 1. The molecule has 2 aromatic rings. The van der Waals surface area contributed by atoms with Crippen LogP contribution in [0, 0.1) is 0 Å². The van der Waals surface area contributed by atoms with Crippen molar-refractivity contribution in [2.45, 2.75) is 32.2 Å². The van der Waals surface area contributed by atoms with Gasteiger partial charge >= 0.3 is 0 Å². The van der Waals surface area contributed by atoms with Crippen molar-refractivity contribution in [1.82, 2.24) is 5.43 Å². The number of nitrogens with one attached hydrogen (secondary N) is 1. The topological polar surface area (TPSA) is 51.2 Å². The number of nitrogens with two attached hydrogens (primary N) is 1. The SMILES string of the molecule is CCCCC(NN)c1cc2ccccc2o1. The molecule has 1 atom stereocenters. The van der Waals surface area contributed by atoms with E-state index >= 15 is 0 Å². The minimum atomic E-state index is 0.118. The highest BCUT2D eigenvalue weighted by Gasteiger charge is 2.13. The van der Waals surface area contributed by atoms with Gasteiger partial charge in [-0.15, -0.1) is 0 Å². The number of hydrogen-bond donors (Lipinski definition) is 2. The quantitative estimate of drug-likeness (QED) is 0.599. The van der Waals surface area contributed by atoms with Crippen molar-refractivity contribution in [3.63, 3.8) is 0 Å². The zero-order valence-corrected chi connectivity index (χ0v) is 9.57. The Morgan fingerprint density at radius 1 is 1.38 bits per heavy atom. The summed E-state index contributed by atoms with van der Waals surface area (Å²) in [6, 6.07) is 10.2. The van der Waals surface area contributed by atoms with Gasteiger partial charge in [0.15, 0.2) is 0 Å². The van der Waals surface area contributed by atoms with Crippen LogP contribution in [0.2, 0.25) is 0 Å². The fraction of sp³-hybridized carbons (Fsp3) is 0.385. The molecule has 1 heterocycles. The molecule has 3 N–H and O–H groups in total. The first-order chi connectivity index (χ1) is 7.85. The van der Waals surface area contributed by atoms with E-state index < -0.39 is 0 Å². The summed E-state index contributed by atoms with van der Waals surface area (Å²) >= 11 is 0. The first-order valence-electron chi connectivity index (χ1n) is 5.79. The summed E-state index contributed by atoms with van der Waals surface area (Å²) in [6.07, 6.45) is 3.32. The maximum atomic E-state index is 5.78. The number of benzene rings is 1. The summed E-state index contributed by atoms with van der Waals surface area (Å²) in [4.78, 5) is 0. The van der Waals surface area contributed by atoms with E-state index in [0.717, 1.165) is 29.6 Å². The zero-order valence-electron chi connectivity index (χ0n) is 9.57. The smallest absolute Gasteiger partial charge is 0.134 e. The third-order valence-electron chi connectivity index (χ3n) is 2.84. The lowest BCUT2D eigenvalue weighted by molar-refractivity contribution is 0.407. The van der Waals surface area contributed by atoms with E-state index in [1.807, 2.05) is 18.2 Å². The Balaban J connectivity index is 2.23. The van der Waals surface area contributed by atoms with Gasteiger partial charge in [0.1, 0.15) is 11.3 Å². The van der Waals surface area contributed by atoms with E-state index in [1.54, 1.807) is 0 Å². The van der Waals surface area contributed by atoms with Gasteiger partial charge in [0.2, 0.25) is 0 Å². The molecule has 0 bridgehead atoms. The van der Waals surface area contributed by atoms with E-state index in [4.69, 9.17) is 10.3 Å². The van der Waals surface area contributed by atoms with Crippen LogP contribution < -0.4 is 11.3 Å². The summed E-state index contributed by atoms with van der Waals surface area (Å²) in [5.74, 6) is 6.49. The highest BCUT2D eigenvalue weighted by molar-refractivity contribution is 5.77. The molecule has 0 spiro atoms. The van der Waals surface area contributed by atoms with Crippen molar-refractivity contribution >= 4 is 11.0 Å². The molecule has 1 aromatic heterocycles. The van der Waals surface area contributed by atoms with E-state index in [1.165, 1.54) is 6.42 Å². The van der Waals surface area contributed by atoms with Crippen molar-refractivity contribution < 1.29 is 4.42 Å². The van der Waals surface area contributed by atoms with Gasteiger partial charge in [-0.05, 0) is 18.6 Å². The molecule has 0 aliphatic heterocycles. The monoisotopic (exact) mass is 218 g/mol. The van der Waals surface area contributed by atoms with Crippen molar-refractivity contribution in [2.24, 2.45) is 5.84 Å². The van der Waals surface area contributed by atoms with Crippen LogP contribution in [-0.2, 0) is 0 Å². The fourth-order valence-corrected chi connectivity index (χ4v) is 1.89. The third kappa shape index (κ3) is 2.26. The minimum absolute atomic E-state index is 0.118. The highest BCUT2D eigenvalue weighted by Crippen LogP contribution is 2.26. The van der Waals surface area contributed by atoms with Crippen molar-refractivity contribution in [3.8, 4) is 0 Å². The maximum absolute atomic E-state index is 5.78. The van der Waals surface area contributed by atoms with Gasteiger partial charge in [0.25, 0.3) is 0 Å². The summed E-state index contributed by atoms with van der Waals surface area (Å²) in [7, 11) is 0. The molecule has 2 rings (SSSR count). The van der Waals surface area contributed by atoms with Crippen LogP contribution in [0.5, 0.6) is 0 Å². The molecular weight excluding hydrogens is 200 g/mol. The van der Waals surface area contributed by atoms with E-state index in [-0.39, 0.29) is 6.04 Å². The molecule has 86 valence electrons. The van der Waals surface area contributed by atoms with Gasteiger partial charge in [-0.25, -0.2) is 5.43 Å². The molecular formula is C13H18N2O. The Kier molecular flexibility index (Phi) is 3.59. The summed E-state index contributed by atoms with van der Waals surface area (Å²) in [6.45, 7) is 2.17. The van der Waals surface area contributed by atoms with Crippen LogP contribution >= 0.6 is 0 Å². The minimum Gasteiger partial charge on any atom is -0.459 e. The van der Waals surface area contributed by atoms with Crippen LogP contribution in [-0.4, -0.2) is 0 Å². The number of para-hydroxylation sites is 1. The lowest BCUT2D eigenvalue weighted by Gasteiger charge is -2.11. The molecule has 0 saturated heterocycles. The van der Waals surface area contributed by atoms with Crippen molar-refractivity contribution in [1.29, 1.82) is 0 Å². The maximum Gasteiger partial charge on any atom is 0.134 e. The lowest BCUT2D eigenvalue weighted by atomic mass is 10.1. The standard InChI is InChI=1S/C13H18N2O/c1-2-3-7-11(15-14)13-9-10-6-4-5-8-12(10)16-13/h4-6,8-9,11,15H,2-3,7,14H2,1H3. The molecule has 1 aromatic carbocycles. The molecule has 16 heavy (non-hydrogen) atoms. The number of fused-ring (bicyclic) bond motifs is 1. The van der Waals surface area contributed by atoms with Crippen LogP contribution in [0.15, 0.2) is 34.7 Å². The predicted octanol–water partition coefficient (Wildman–Crippen LogP) is 3.13. The van der Waals surface area contributed by atoms with Crippen molar-refractivity contribution in [2.75, 3.05) is 0 Å². The number of rotatable bonds is 5. The second kappa shape index (κ2) is 5.14. The second-order valence-electron chi connectivity index (χ2n) is 4.05. The third-order valence-corrected chi connectivity index (χ3v) is 2.84. The van der Waals surface area contributed by atoms with Crippen LogP contribution in [0.25, 0.3) is 11.0 Å². The summed E-state index contributed by atoms with van der Waals surface area (Å²) < 4.78 is 5.78. The van der Waals surface area contributed by atoms with Crippen LogP contribution in [0.3, 0.4) is 0 Å². The number of hydrogen-bond acceptors (Lipinski definition) is 3. The van der Waals surface area contributed by atoms with Gasteiger partial charge in [0.05, 0.1) is 6.04 Å². The number of furan rings is 1. The van der Waals surface area contributed by atoms with Crippen LogP contribution in [0.4, 0.5) is 0 Å². The Bertz CT molecular complexity index is 417. The summed E-state index contributed by atoms with van der Waals surface area (Å²) in [5, 5.41) is 1.13. The molecule has 0 radical (unpaired) electrons. The van der Waals surface area contributed by atoms with Gasteiger partial charge in [-0.2, -0.15) is 0 Å².